The van der Waals surface area contributed by atoms with Crippen LogP contribution in [-0.2, 0) is 0 Å². The molecular weight excluding hydrogens is 524 g/mol. The minimum atomic E-state index is -0.257. The average Bonchev–Trinajstić information content (AvgIpc) is 3.58. The third-order valence-electron chi connectivity index (χ3n) is 6.68. The molecule has 0 saturated carbocycles. The molecule has 0 bridgehead atoms. The summed E-state index contributed by atoms with van der Waals surface area (Å²) in [6.07, 6.45) is 2.85. The molecule has 8 rings (SSSR count). The minimum absolute atomic E-state index is 0.257. The molecule has 0 amide bonds. The van der Waals surface area contributed by atoms with Gasteiger partial charge in [-0.15, -0.1) is 0 Å². The molecule has 0 aliphatic heterocycles. The van der Waals surface area contributed by atoms with Crippen molar-refractivity contribution in [2.45, 2.75) is 0 Å². The van der Waals surface area contributed by atoms with Gasteiger partial charge in [0.15, 0.2) is 10.7 Å². The molecule has 0 fully saturated rings. The van der Waals surface area contributed by atoms with Crippen molar-refractivity contribution in [3.63, 3.8) is 0 Å². The van der Waals surface area contributed by atoms with Gasteiger partial charge in [-0.05, 0) is 46.5 Å². The van der Waals surface area contributed by atoms with Crippen LogP contribution in [0, 0.1) is 0 Å². The van der Waals surface area contributed by atoms with Crippen LogP contribution in [0.25, 0.3) is 66.4 Å². The Kier molecular flexibility index (Phi) is 5.83. The Morgan fingerprint density at radius 1 is 0.600 bits per heavy atom. The van der Waals surface area contributed by atoms with Crippen LogP contribution < -0.4 is 5.56 Å². The molecule has 7 nitrogen and oxygen atoms in total. The van der Waals surface area contributed by atoms with E-state index in [0.717, 1.165) is 44.1 Å². The van der Waals surface area contributed by atoms with Gasteiger partial charge in [-0.2, -0.15) is 0 Å². The molecule has 192 valence electrons. The van der Waals surface area contributed by atoms with Crippen LogP contribution >= 0.6 is 11.6 Å². The quantitative estimate of drug-likeness (QED) is 0.222. The number of furan rings is 2. The first-order chi connectivity index (χ1) is 19.7. The summed E-state index contributed by atoms with van der Waals surface area (Å²) in [5, 5.41) is 2.14. The number of halogens is 1. The summed E-state index contributed by atoms with van der Waals surface area (Å²) in [4.78, 5) is 26.7. The van der Waals surface area contributed by atoms with E-state index in [0.29, 0.717) is 21.8 Å². The smallest absolute Gasteiger partial charge is 0.294 e. The highest BCUT2D eigenvalue weighted by Crippen LogP contribution is 2.33. The Bertz CT molecular complexity index is 2200. The van der Waals surface area contributed by atoms with Crippen LogP contribution in [0.15, 0.2) is 123 Å². The molecular formula is C32H19ClN4O3. The van der Waals surface area contributed by atoms with Crippen molar-refractivity contribution >= 4 is 55.7 Å². The lowest BCUT2D eigenvalue weighted by molar-refractivity contribution is 0.661. The monoisotopic (exact) mass is 542 g/mol. The zero-order chi connectivity index (χ0) is 27.1. The van der Waals surface area contributed by atoms with Crippen LogP contribution in [0.4, 0.5) is 0 Å². The SMILES string of the molecule is Clc1ncnc2c1oc1ccc(-c3ccccc3)cc12.O=c1[nH]cnc2c1oc1ccc(-c3ccccc3)cc12. The molecule has 4 aromatic heterocycles. The maximum atomic E-state index is 11.7. The highest BCUT2D eigenvalue weighted by Gasteiger charge is 2.13. The average molecular weight is 543 g/mol. The topological polar surface area (TPSA) is 97.8 Å². The number of fused-ring (bicyclic) bond motifs is 6. The molecule has 0 aliphatic rings. The molecule has 0 unspecified atom stereocenters. The van der Waals surface area contributed by atoms with Crippen LogP contribution in [0.3, 0.4) is 0 Å². The Hall–Kier alpha value is -5.27. The highest BCUT2D eigenvalue weighted by molar-refractivity contribution is 6.34. The highest BCUT2D eigenvalue weighted by atomic mass is 35.5. The van der Waals surface area contributed by atoms with Crippen LogP contribution in [-0.4, -0.2) is 19.9 Å². The van der Waals surface area contributed by atoms with Gasteiger partial charge in [-0.1, -0.05) is 84.4 Å². The molecule has 0 radical (unpaired) electrons. The van der Waals surface area contributed by atoms with Gasteiger partial charge in [0.25, 0.3) is 5.56 Å². The molecule has 0 spiro atoms. The Labute approximate surface area is 231 Å². The normalized spacial score (nSPS) is 11.2. The number of hydrogen-bond acceptors (Lipinski definition) is 6. The zero-order valence-electron chi connectivity index (χ0n) is 20.8. The molecule has 0 aliphatic carbocycles. The lowest BCUT2D eigenvalue weighted by atomic mass is 10.0. The van der Waals surface area contributed by atoms with Crippen molar-refractivity contribution in [2.24, 2.45) is 0 Å². The number of nitrogens with zero attached hydrogens (tertiary/aromatic N) is 3. The minimum Gasteiger partial charge on any atom is -0.451 e. The number of nitrogens with one attached hydrogen (secondary N) is 1. The van der Waals surface area contributed by atoms with Gasteiger partial charge in [-0.3, -0.25) is 4.79 Å². The van der Waals surface area contributed by atoms with E-state index >= 15 is 0 Å². The summed E-state index contributed by atoms with van der Waals surface area (Å²) in [5.41, 5.74) is 7.80. The fourth-order valence-corrected chi connectivity index (χ4v) is 4.93. The van der Waals surface area contributed by atoms with Gasteiger partial charge in [-0.25, -0.2) is 15.0 Å². The predicted octanol–water partition coefficient (Wildman–Crippen LogP) is 8.03. The Balaban J connectivity index is 0.000000132. The summed E-state index contributed by atoms with van der Waals surface area (Å²) in [5.74, 6) is 0. The fourth-order valence-electron chi connectivity index (χ4n) is 4.76. The second-order valence-electron chi connectivity index (χ2n) is 9.11. The molecule has 40 heavy (non-hydrogen) atoms. The van der Waals surface area contributed by atoms with E-state index in [1.807, 2.05) is 78.9 Å². The third-order valence-corrected chi connectivity index (χ3v) is 6.95. The third kappa shape index (κ3) is 4.19. The van der Waals surface area contributed by atoms with Crippen LogP contribution in [0.5, 0.6) is 0 Å². The predicted molar refractivity (Wildman–Crippen MR) is 157 cm³/mol. The van der Waals surface area contributed by atoms with Crippen molar-refractivity contribution in [3.05, 3.63) is 125 Å². The van der Waals surface area contributed by atoms with E-state index in [9.17, 15) is 4.79 Å². The number of H-pyrrole nitrogens is 1. The van der Waals surface area contributed by atoms with Gasteiger partial charge in [0.2, 0.25) is 5.58 Å². The van der Waals surface area contributed by atoms with Crippen molar-refractivity contribution < 1.29 is 8.83 Å². The van der Waals surface area contributed by atoms with E-state index in [1.54, 1.807) is 0 Å². The van der Waals surface area contributed by atoms with E-state index in [1.165, 1.54) is 12.7 Å². The fraction of sp³-hybridized carbons (Fsp3) is 0. The Morgan fingerprint density at radius 2 is 1.15 bits per heavy atom. The lowest BCUT2D eigenvalue weighted by Crippen LogP contribution is -2.03. The van der Waals surface area contributed by atoms with Crippen molar-refractivity contribution in [2.75, 3.05) is 0 Å². The molecule has 0 saturated heterocycles. The molecule has 0 atom stereocenters. The molecule has 4 heterocycles. The number of aromatic nitrogens is 4. The van der Waals surface area contributed by atoms with Gasteiger partial charge >= 0.3 is 0 Å². The first-order valence-electron chi connectivity index (χ1n) is 12.5. The molecule has 8 heteroatoms. The van der Waals surface area contributed by atoms with E-state index in [4.69, 9.17) is 20.4 Å². The van der Waals surface area contributed by atoms with Crippen molar-refractivity contribution in [1.82, 2.24) is 19.9 Å². The largest absolute Gasteiger partial charge is 0.451 e. The second-order valence-corrected chi connectivity index (χ2v) is 9.47. The van der Waals surface area contributed by atoms with Crippen molar-refractivity contribution in [3.8, 4) is 22.3 Å². The van der Waals surface area contributed by atoms with Crippen LogP contribution in [0.1, 0.15) is 0 Å². The lowest BCUT2D eigenvalue weighted by Gasteiger charge is -2.00. The van der Waals surface area contributed by atoms with Crippen molar-refractivity contribution in [1.29, 1.82) is 0 Å². The van der Waals surface area contributed by atoms with E-state index in [2.05, 4.69) is 38.1 Å². The zero-order valence-corrected chi connectivity index (χ0v) is 21.6. The van der Waals surface area contributed by atoms with E-state index in [-0.39, 0.29) is 11.1 Å². The summed E-state index contributed by atoms with van der Waals surface area (Å²) >= 11 is 6.04. The number of hydrogen-bond donors (Lipinski definition) is 1. The Morgan fingerprint density at radius 3 is 1.75 bits per heavy atom. The second kappa shape index (κ2) is 9.80. The van der Waals surface area contributed by atoms with E-state index < -0.39 is 0 Å². The summed E-state index contributed by atoms with van der Waals surface area (Å²) in [7, 11) is 0. The number of rotatable bonds is 2. The first-order valence-corrected chi connectivity index (χ1v) is 12.9. The van der Waals surface area contributed by atoms with Gasteiger partial charge in [0.05, 0.1) is 6.33 Å². The summed E-state index contributed by atoms with van der Waals surface area (Å²) < 4.78 is 11.3. The van der Waals surface area contributed by atoms with Gasteiger partial charge < -0.3 is 13.8 Å². The van der Waals surface area contributed by atoms with Crippen LogP contribution in [0.2, 0.25) is 5.15 Å². The standard InChI is InChI=1S/C16H9ClN2O.C16H10N2O2/c17-16-15-14(18-9-19-16)12-8-11(6-7-13(12)20-15)10-4-2-1-3-5-10;19-16-15-14(17-9-18-16)12-8-11(6-7-13(12)20-15)10-4-2-1-3-5-10/h1-9H;1-9H,(H,17,18,19). The van der Waals surface area contributed by atoms with Gasteiger partial charge in [0.1, 0.15) is 28.5 Å². The molecule has 8 aromatic rings. The van der Waals surface area contributed by atoms with Gasteiger partial charge in [0, 0.05) is 10.8 Å². The first kappa shape index (κ1) is 23.8. The molecule has 1 N–H and O–H groups in total. The summed E-state index contributed by atoms with van der Waals surface area (Å²) in [6.45, 7) is 0. The molecule has 4 aromatic carbocycles. The maximum Gasteiger partial charge on any atom is 0.294 e. The maximum absolute atomic E-state index is 11.7. The number of benzene rings is 4. The summed E-state index contributed by atoms with van der Waals surface area (Å²) in [6, 6.07) is 32.2. The number of aromatic amines is 1.